The molecule has 0 aliphatic rings. The van der Waals surface area contributed by atoms with Crippen molar-refractivity contribution in [1.82, 2.24) is 30.1 Å². The zero-order chi connectivity index (χ0) is 27.2. The third-order valence-corrected chi connectivity index (χ3v) is 7.56. The van der Waals surface area contributed by atoms with Crippen LogP contribution < -0.4 is 5.56 Å². The summed E-state index contributed by atoms with van der Waals surface area (Å²) in [6, 6.07) is 27.1. The maximum absolute atomic E-state index is 13.3. The van der Waals surface area contributed by atoms with Crippen LogP contribution in [0.15, 0.2) is 83.7 Å². The van der Waals surface area contributed by atoms with Crippen LogP contribution in [0.2, 0.25) is 0 Å². The Labute approximate surface area is 229 Å². The molecule has 7 nitrogen and oxygen atoms in total. The van der Waals surface area contributed by atoms with Gasteiger partial charge >= 0.3 is 0 Å². The van der Waals surface area contributed by atoms with Gasteiger partial charge in [0, 0.05) is 30.6 Å². The number of aryl methyl sites for hydroxylation is 4. The maximum Gasteiger partial charge on any atom is 0.252 e. The molecule has 5 aromatic rings. The summed E-state index contributed by atoms with van der Waals surface area (Å²) in [6.45, 7) is 8.27. The fourth-order valence-corrected chi connectivity index (χ4v) is 5.31. The molecule has 5 rings (SSSR count). The van der Waals surface area contributed by atoms with Crippen molar-refractivity contribution in [2.45, 2.75) is 59.2 Å². The summed E-state index contributed by atoms with van der Waals surface area (Å²) in [6.07, 6.45) is 2.54. The van der Waals surface area contributed by atoms with E-state index in [1.807, 2.05) is 23.7 Å². The first-order chi connectivity index (χ1) is 19.0. The number of pyridine rings is 1. The van der Waals surface area contributed by atoms with Crippen LogP contribution in [0.3, 0.4) is 0 Å². The lowest BCUT2D eigenvalue weighted by Crippen LogP contribution is -2.34. The van der Waals surface area contributed by atoms with Gasteiger partial charge < -0.3 is 4.98 Å². The maximum atomic E-state index is 13.3. The SMILES string of the molecule is CCC(c1nnnn1CCc1ccccc1)N(CCc1ccccc1)Cc1cc2c(C)ccc(C)c2[nH]c1=O. The van der Waals surface area contributed by atoms with Crippen LogP contribution in [0, 0.1) is 13.8 Å². The molecule has 1 atom stereocenters. The van der Waals surface area contributed by atoms with Gasteiger partial charge in [-0.2, -0.15) is 0 Å². The fourth-order valence-electron chi connectivity index (χ4n) is 5.31. The average Bonchev–Trinajstić information content (AvgIpc) is 3.43. The average molecular weight is 521 g/mol. The number of benzene rings is 3. The molecule has 1 N–H and O–H groups in total. The van der Waals surface area contributed by atoms with Gasteiger partial charge in [0.2, 0.25) is 0 Å². The van der Waals surface area contributed by atoms with E-state index in [1.54, 1.807) is 0 Å². The highest BCUT2D eigenvalue weighted by atomic mass is 16.1. The fraction of sp³-hybridized carbons (Fsp3) is 0.312. The predicted molar refractivity (Wildman–Crippen MR) is 156 cm³/mol. The van der Waals surface area contributed by atoms with Crippen molar-refractivity contribution in [2.24, 2.45) is 0 Å². The van der Waals surface area contributed by atoms with Gasteiger partial charge in [0.1, 0.15) is 0 Å². The second-order valence-electron chi connectivity index (χ2n) is 10.2. The molecule has 0 aliphatic heterocycles. The zero-order valence-electron chi connectivity index (χ0n) is 23.0. The molecule has 0 saturated heterocycles. The molecule has 0 spiro atoms. The van der Waals surface area contributed by atoms with E-state index in [1.165, 1.54) is 11.1 Å². The van der Waals surface area contributed by atoms with Crippen LogP contribution in [0.1, 0.15) is 53.0 Å². The van der Waals surface area contributed by atoms with Crippen molar-refractivity contribution < 1.29 is 0 Å². The van der Waals surface area contributed by atoms with Gasteiger partial charge in [0.25, 0.3) is 5.56 Å². The summed E-state index contributed by atoms with van der Waals surface area (Å²) in [5.74, 6) is 0.839. The Bertz CT molecular complexity index is 1580. The van der Waals surface area contributed by atoms with E-state index >= 15 is 0 Å². The number of fused-ring (bicyclic) bond motifs is 1. The lowest BCUT2D eigenvalue weighted by atomic mass is 10.0. The third-order valence-electron chi connectivity index (χ3n) is 7.56. The number of nitrogens with zero attached hydrogens (tertiary/aromatic N) is 5. The number of H-pyrrole nitrogens is 1. The summed E-state index contributed by atoms with van der Waals surface area (Å²) in [4.78, 5) is 18.8. The van der Waals surface area contributed by atoms with E-state index in [4.69, 9.17) is 0 Å². The van der Waals surface area contributed by atoms with Crippen molar-refractivity contribution in [1.29, 1.82) is 0 Å². The van der Waals surface area contributed by atoms with Crippen molar-refractivity contribution in [3.63, 3.8) is 0 Å². The molecule has 0 saturated carbocycles. The monoisotopic (exact) mass is 520 g/mol. The summed E-state index contributed by atoms with van der Waals surface area (Å²) in [7, 11) is 0. The molecule has 200 valence electrons. The van der Waals surface area contributed by atoms with Gasteiger partial charge in [-0.05, 0) is 71.9 Å². The second kappa shape index (κ2) is 12.2. The van der Waals surface area contributed by atoms with E-state index in [0.29, 0.717) is 13.1 Å². The Kier molecular flexibility index (Phi) is 8.27. The van der Waals surface area contributed by atoms with Crippen LogP contribution in [0.5, 0.6) is 0 Å². The first-order valence-electron chi connectivity index (χ1n) is 13.7. The number of tetrazole rings is 1. The molecule has 39 heavy (non-hydrogen) atoms. The Morgan fingerprint density at radius 3 is 2.26 bits per heavy atom. The van der Waals surface area contributed by atoms with Crippen LogP contribution in [0.25, 0.3) is 10.9 Å². The van der Waals surface area contributed by atoms with E-state index < -0.39 is 0 Å². The van der Waals surface area contributed by atoms with Crippen molar-refractivity contribution >= 4 is 10.9 Å². The number of nitrogens with one attached hydrogen (secondary N) is 1. The minimum absolute atomic E-state index is 0.0341. The van der Waals surface area contributed by atoms with Crippen LogP contribution in [0.4, 0.5) is 0 Å². The van der Waals surface area contributed by atoms with E-state index in [0.717, 1.165) is 59.2 Å². The second-order valence-corrected chi connectivity index (χ2v) is 10.2. The molecule has 0 amide bonds. The lowest BCUT2D eigenvalue weighted by molar-refractivity contribution is 0.171. The Morgan fingerprint density at radius 2 is 1.56 bits per heavy atom. The molecule has 0 radical (unpaired) electrons. The summed E-state index contributed by atoms with van der Waals surface area (Å²) >= 11 is 0. The minimum atomic E-state index is -0.0422. The molecule has 0 aliphatic carbocycles. The van der Waals surface area contributed by atoms with Crippen LogP contribution in [-0.2, 0) is 25.9 Å². The van der Waals surface area contributed by atoms with E-state index in [2.05, 4.69) is 106 Å². The third kappa shape index (κ3) is 6.15. The largest absolute Gasteiger partial charge is 0.321 e. The van der Waals surface area contributed by atoms with Gasteiger partial charge in [-0.15, -0.1) is 5.10 Å². The molecule has 2 aromatic heterocycles. The predicted octanol–water partition coefficient (Wildman–Crippen LogP) is 5.57. The lowest BCUT2D eigenvalue weighted by Gasteiger charge is -2.30. The van der Waals surface area contributed by atoms with Gasteiger partial charge in [0.05, 0.1) is 11.6 Å². The van der Waals surface area contributed by atoms with Crippen molar-refractivity contribution in [3.8, 4) is 0 Å². The highest BCUT2D eigenvalue weighted by Crippen LogP contribution is 2.26. The van der Waals surface area contributed by atoms with Gasteiger partial charge in [0.15, 0.2) is 5.82 Å². The van der Waals surface area contributed by atoms with Gasteiger partial charge in [-0.3, -0.25) is 9.69 Å². The number of rotatable bonds is 11. The highest BCUT2D eigenvalue weighted by molar-refractivity contribution is 5.85. The molecule has 3 aromatic carbocycles. The molecule has 7 heteroatoms. The Balaban J connectivity index is 1.47. The standard InChI is InChI=1S/C32H36N6O/c1-4-29(31-34-35-36-38(31)20-18-26-13-9-6-10-14-26)37(19-17-25-11-7-5-8-12-25)22-27-21-28-23(2)15-16-24(3)30(28)33-32(27)39/h5-16,21,29H,4,17-20,22H2,1-3H3,(H,33,39). The molecule has 2 heterocycles. The zero-order valence-corrected chi connectivity index (χ0v) is 23.0. The number of aromatic amines is 1. The van der Waals surface area contributed by atoms with E-state index in [9.17, 15) is 4.79 Å². The van der Waals surface area contributed by atoms with Crippen molar-refractivity contribution in [2.75, 3.05) is 6.54 Å². The quantitative estimate of drug-likeness (QED) is 0.246. The summed E-state index contributed by atoms with van der Waals surface area (Å²) in [5, 5.41) is 14.0. The number of aromatic nitrogens is 5. The molecule has 0 bridgehead atoms. The Morgan fingerprint density at radius 1 is 0.897 bits per heavy atom. The van der Waals surface area contributed by atoms with Crippen molar-refractivity contribution in [3.05, 3.63) is 123 Å². The van der Waals surface area contributed by atoms with Gasteiger partial charge in [-0.1, -0.05) is 79.7 Å². The number of hydrogen-bond donors (Lipinski definition) is 1. The first kappa shape index (κ1) is 26.5. The highest BCUT2D eigenvalue weighted by Gasteiger charge is 2.26. The minimum Gasteiger partial charge on any atom is -0.321 e. The van der Waals surface area contributed by atoms with Crippen LogP contribution in [-0.4, -0.2) is 36.6 Å². The van der Waals surface area contributed by atoms with E-state index in [-0.39, 0.29) is 11.6 Å². The number of hydrogen-bond acceptors (Lipinski definition) is 5. The van der Waals surface area contributed by atoms with Gasteiger partial charge in [-0.25, -0.2) is 4.68 Å². The van der Waals surface area contributed by atoms with Crippen LogP contribution >= 0.6 is 0 Å². The molecular weight excluding hydrogens is 484 g/mol. The topological polar surface area (TPSA) is 79.7 Å². The first-order valence-corrected chi connectivity index (χ1v) is 13.7. The normalized spacial score (nSPS) is 12.3. The molecule has 1 unspecified atom stereocenters. The molecular formula is C32H36N6O. The summed E-state index contributed by atoms with van der Waals surface area (Å²) < 4.78 is 1.93. The molecule has 0 fully saturated rings. The smallest absolute Gasteiger partial charge is 0.252 e. The summed E-state index contributed by atoms with van der Waals surface area (Å²) in [5.41, 5.74) is 6.37. The Hall–Kier alpha value is -4.10.